The van der Waals surface area contributed by atoms with E-state index in [-0.39, 0.29) is 29.3 Å². The summed E-state index contributed by atoms with van der Waals surface area (Å²) < 4.78 is 93.8. The fourth-order valence-corrected chi connectivity index (χ4v) is 4.59. The van der Waals surface area contributed by atoms with Crippen LogP contribution >= 0.6 is 0 Å². The van der Waals surface area contributed by atoms with Gasteiger partial charge in [-0.25, -0.2) is 27.2 Å². The number of aromatic nitrogens is 1. The molecule has 0 fully saturated rings. The van der Waals surface area contributed by atoms with Crippen LogP contribution in [0.25, 0.3) is 11.1 Å². The summed E-state index contributed by atoms with van der Waals surface area (Å²) >= 11 is 0. The van der Waals surface area contributed by atoms with E-state index in [4.69, 9.17) is 0 Å². The van der Waals surface area contributed by atoms with Gasteiger partial charge in [0.05, 0.1) is 22.6 Å². The number of Topliss-reactive ketones (excluding diaryl/α,β-unsaturated/α-hetero) is 1. The maximum absolute atomic E-state index is 15.0. The summed E-state index contributed by atoms with van der Waals surface area (Å²) in [5, 5.41) is 0. The summed E-state index contributed by atoms with van der Waals surface area (Å²) in [6.07, 6.45) is -2.90. The lowest BCUT2D eigenvalue weighted by Crippen LogP contribution is -2.25. The predicted molar refractivity (Wildman–Crippen MR) is 119 cm³/mol. The second-order valence-electron chi connectivity index (χ2n) is 7.66. The summed E-state index contributed by atoms with van der Waals surface area (Å²) in [7, 11) is -3.91. The van der Waals surface area contributed by atoms with Gasteiger partial charge in [0.15, 0.2) is 11.6 Å². The molecular weight excluding hydrogens is 493 g/mol. The number of fused-ring (bicyclic) bond motifs is 1. The molecule has 0 radical (unpaired) electrons. The molecule has 1 N–H and O–H groups in total. The Morgan fingerprint density at radius 2 is 1.71 bits per heavy atom. The van der Waals surface area contributed by atoms with Crippen LogP contribution in [0.2, 0.25) is 0 Å². The van der Waals surface area contributed by atoms with Crippen molar-refractivity contribution < 1.29 is 35.2 Å². The molecule has 1 aromatic heterocycles. The summed E-state index contributed by atoms with van der Waals surface area (Å²) in [6.45, 7) is 1.61. The second-order valence-corrected chi connectivity index (χ2v) is 9.51. The van der Waals surface area contributed by atoms with Gasteiger partial charge in [-0.2, -0.15) is 13.2 Å². The molecule has 35 heavy (non-hydrogen) atoms. The number of ketones is 1. The number of alkyl halides is 3. The fraction of sp³-hybridized carbons (Fsp3) is 0.174. The van der Waals surface area contributed by atoms with Crippen molar-refractivity contribution in [2.45, 2.75) is 19.5 Å². The first kappa shape index (κ1) is 24.5. The zero-order valence-corrected chi connectivity index (χ0v) is 18.8. The van der Waals surface area contributed by atoms with E-state index in [2.05, 4.69) is 9.98 Å². The maximum Gasteiger partial charge on any atom is 0.416 e. The second kappa shape index (κ2) is 8.84. The number of aliphatic imine (C=N–C) groups is 1. The molecule has 4 rings (SSSR count). The zero-order valence-electron chi connectivity index (χ0n) is 18.0. The van der Waals surface area contributed by atoms with Crippen molar-refractivity contribution in [3.05, 3.63) is 77.0 Å². The molecule has 1 aliphatic heterocycles. The molecular formula is C23H16F5N3O3S. The van der Waals surface area contributed by atoms with Crippen LogP contribution in [0.3, 0.4) is 0 Å². The first-order valence-corrected chi connectivity index (χ1v) is 11.9. The van der Waals surface area contributed by atoms with E-state index in [1.54, 1.807) is 6.92 Å². The standard InChI is InChI=1S/C23H16F5N3O3S/c1-2-9-35(33,34)31-17-8-7-16(24)18(19(17)25)21(32)20-15-10-13(11-29-22(15)30-20)12-3-5-14(6-4-12)23(26,27)28/h3-8,10-11,31H,2,9H2,1H3. The van der Waals surface area contributed by atoms with Crippen LogP contribution in [0.5, 0.6) is 0 Å². The summed E-state index contributed by atoms with van der Waals surface area (Å²) in [6, 6.07) is 7.31. The van der Waals surface area contributed by atoms with Crippen molar-refractivity contribution in [3.63, 3.8) is 0 Å². The molecule has 0 amide bonds. The highest BCUT2D eigenvalue weighted by Gasteiger charge is 2.33. The summed E-state index contributed by atoms with van der Waals surface area (Å²) in [5.41, 5.74) is -1.84. The molecule has 0 saturated carbocycles. The van der Waals surface area contributed by atoms with E-state index in [9.17, 15) is 35.2 Å². The maximum atomic E-state index is 15.0. The number of nitrogens with zero attached hydrogens (tertiary/aromatic N) is 2. The lowest BCUT2D eigenvalue weighted by molar-refractivity contribution is -0.137. The molecule has 0 spiro atoms. The van der Waals surface area contributed by atoms with E-state index >= 15 is 0 Å². The largest absolute Gasteiger partial charge is 0.416 e. The van der Waals surface area contributed by atoms with Gasteiger partial charge in [0, 0.05) is 17.3 Å². The van der Waals surface area contributed by atoms with Gasteiger partial charge in [-0.05, 0) is 42.3 Å². The van der Waals surface area contributed by atoms with Gasteiger partial charge in [0.2, 0.25) is 15.8 Å². The van der Waals surface area contributed by atoms with Crippen molar-refractivity contribution in [1.82, 2.24) is 4.98 Å². The Balaban J connectivity index is 1.64. The van der Waals surface area contributed by atoms with Gasteiger partial charge in [-0.15, -0.1) is 0 Å². The van der Waals surface area contributed by atoms with E-state index in [0.29, 0.717) is 11.1 Å². The summed E-state index contributed by atoms with van der Waals surface area (Å²) in [4.78, 5) is 20.9. The molecule has 1 aliphatic rings. The number of halogens is 5. The monoisotopic (exact) mass is 509 g/mol. The van der Waals surface area contributed by atoms with Crippen molar-refractivity contribution >= 4 is 33.0 Å². The number of anilines is 1. The zero-order chi connectivity index (χ0) is 25.5. The topological polar surface area (TPSA) is 88.5 Å². The SMILES string of the molecule is CCCS(=O)(=O)Nc1ccc(F)c(C(=O)C2=Nc3ncc(-c4ccc(C(F)(F)F)cc4)cc32)c1F. The number of benzene rings is 2. The average Bonchev–Trinajstić information content (AvgIpc) is 2.76. The first-order chi connectivity index (χ1) is 16.4. The Hall–Kier alpha value is -3.67. The number of carbonyl (C=O) groups excluding carboxylic acids is 1. The first-order valence-electron chi connectivity index (χ1n) is 10.2. The third-order valence-corrected chi connectivity index (χ3v) is 6.63. The molecule has 6 nitrogen and oxygen atoms in total. The number of hydrogen-bond donors (Lipinski definition) is 1. The molecule has 2 heterocycles. The Morgan fingerprint density at radius 1 is 1.03 bits per heavy atom. The Labute approximate surface area is 196 Å². The van der Waals surface area contributed by atoms with Crippen LogP contribution in [-0.4, -0.2) is 30.6 Å². The number of sulfonamides is 1. The third-order valence-electron chi connectivity index (χ3n) is 5.16. The smallest absolute Gasteiger partial charge is 0.287 e. The van der Waals surface area contributed by atoms with E-state index < -0.39 is 50.4 Å². The number of pyridine rings is 1. The minimum atomic E-state index is -4.50. The van der Waals surface area contributed by atoms with Crippen molar-refractivity contribution in [2.75, 3.05) is 10.5 Å². The van der Waals surface area contributed by atoms with Gasteiger partial charge < -0.3 is 0 Å². The lowest BCUT2D eigenvalue weighted by atomic mass is 9.94. The molecule has 0 unspecified atom stereocenters. The van der Waals surface area contributed by atoms with Gasteiger partial charge in [0.25, 0.3) is 0 Å². The minimum absolute atomic E-state index is 0.115. The Bertz CT molecular complexity index is 1470. The molecule has 0 bridgehead atoms. The third kappa shape index (κ3) is 4.78. The Morgan fingerprint density at radius 3 is 2.34 bits per heavy atom. The van der Waals surface area contributed by atoms with E-state index in [1.165, 1.54) is 24.4 Å². The van der Waals surface area contributed by atoms with Crippen LogP contribution in [0.15, 0.2) is 53.7 Å². The predicted octanol–water partition coefficient (Wildman–Crippen LogP) is 5.51. The Kier molecular flexibility index (Phi) is 6.18. The van der Waals surface area contributed by atoms with Crippen LogP contribution in [0.1, 0.15) is 34.8 Å². The number of rotatable bonds is 7. The van der Waals surface area contributed by atoms with Crippen LogP contribution < -0.4 is 4.72 Å². The highest BCUT2D eigenvalue weighted by atomic mass is 32.2. The van der Waals surface area contributed by atoms with Crippen molar-refractivity contribution in [1.29, 1.82) is 0 Å². The molecule has 0 aliphatic carbocycles. The number of nitrogens with one attached hydrogen (secondary N) is 1. The van der Waals surface area contributed by atoms with Gasteiger partial charge in [0.1, 0.15) is 11.5 Å². The van der Waals surface area contributed by atoms with E-state index in [0.717, 1.165) is 24.3 Å². The van der Waals surface area contributed by atoms with Crippen molar-refractivity contribution in [2.24, 2.45) is 4.99 Å². The lowest BCUT2D eigenvalue weighted by Gasteiger charge is -2.19. The van der Waals surface area contributed by atoms with Crippen LogP contribution in [-0.2, 0) is 16.2 Å². The number of carbonyl (C=O) groups is 1. The summed E-state index contributed by atoms with van der Waals surface area (Å²) in [5.74, 6) is -3.92. The normalized spacial score (nSPS) is 13.0. The van der Waals surface area contributed by atoms with Gasteiger partial charge in [-0.1, -0.05) is 19.1 Å². The van der Waals surface area contributed by atoms with Crippen LogP contribution in [0.4, 0.5) is 33.5 Å². The van der Waals surface area contributed by atoms with Crippen LogP contribution in [0, 0.1) is 11.6 Å². The number of hydrogen-bond acceptors (Lipinski definition) is 5. The average molecular weight is 509 g/mol. The quantitative estimate of drug-likeness (QED) is 0.336. The highest BCUT2D eigenvalue weighted by molar-refractivity contribution is 7.92. The molecule has 0 saturated heterocycles. The van der Waals surface area contributed by atoms with Gasteiger partial charge in [-0.3, -0.25) is 9.52 Å². The molecule has 3 aromatic rings. The highest BCUT2D eigenvalue weighted by Crippen LogP contribution is 2.35. The fourth-order valence-electron chi connectivity index (χ4n) is 3.46. The molecule has 0 atom stereocenters. The molecule has 12 heteroatoms. The van der Waals surface area contributed by atoms with E-state index in [1.807, 2.05) is 4.72 Å². The minimum Gasteiger partial charge on any atom is -0.287 e. The van der Waals surface area contributed by atoms with Crippen molar-refractivity contribution in [3.8, 4) is 11.1 Å². The van der Waals surface area contributed by atoms with Gasteiger partial charge >= 0.3 is 6.18 Å². The molecule has 182 valence electrons. The molecule has 2 aromatic carbocycles.